The third kappa shape index (κ3) is 2.53. The fraction of sp³-hybridized carbons (Fsp3) is 0.417. The highest BCUT2D eigenvalue weighted by Crippen LogP contribution is 2.38. The van der Waals surface area contributed by atoms with Crippen molar-refractivity contribution in [3.05, 3.63) is 27.8 Å². The molecule has 17 heavy (non-hydrogen) atoms. The molecule has 0 saturated carbocycles. The van der Waals surface area contributed by atoms with E-state index >= 15 is 0 Å². The lowest BCUT2D eigenvalue weighted by atomic mass is 9.93. The zero-order valence-electron chi connectivity index (χ0n) is 9.86. The number of phenolic OH excluding ortho intramolecular Hbond substituents is 1. The number of carboxylic acid groups (broad SMARTS) is 1. The van der Waals surface area contributed by atoms with E-state index in [9.17, 15) is 15.0 Å². The van der Waals surface area contributed by atoms with Crippen LogP contribution in [0.2, 0.25) is 5.02 Å². The molecule has 1 unspecified atom stereocenters. The van der Waals surface area contributed by atoms with Gasteiger partial charge in [0.1, 0.15) is 5.75 Å². The number of hydrogen-bond donors (Lipinski definition) is 3. The van der Waals surface area contributed by atoms with Crippen molar-refractivity contribution in [2.45, 2.75) is 32.8 Å². The molecule has 1 aromatic rings. The lowest BCUT2D eigenvalue weighted by molar-refractivity contribution is -0.147. The molecule has 0 aliphatic heterocycles. The normalized spacial score (nSPS) is 12.8. The summed E-state index contributed by atoms with van der Waals surface area (Å²) in [6.07, 6.45) is -1.77. The molecule has 1 atom stereocenters. The van der Waals surface area contributed by atoms with Crippen LogP contribution in [-0.2, 0) is 4.79 Å². The molecular formula is C12H15ClO4. The minimum Gasteiger partial charge on any atom is -0.507 e. The summed E-state index contributed by atoms with van der Waals surface area (Å²) in [6.45, 7) is 5.25. The summed E-state index contributed by atoms with van der Waals surface area (Å²) in [7, 11) is 0. The van der Waals surface area contributed by atoms with E-state index in [2.05, 4.69) is 0 Å². The summed E-state index contributed by atoms with van der Waals surface area (Å²) in [5, 5.41) is 28.7. The second-order valence-electron chi connectivity index (χ2n) is 4.23. The number of aliphatic hydroxyl groups is 1. The Bertz CT molecular complexity index is 454. The van der Waals surface area contributed by atoms with E-state index in [-0.39, 0.29) is 17.2 Å². The van der Waals surface area contributed by atoms with Crippen molar-refractivity contribution < 1.29 is 20.1 Å². The van der Waals surface area contributed by atoms with Gasteiger partial charge in [-0.1, -0.05) is 25.4 Å². The highest BCUT2D eigenvalue weighted by molar-refractivity contribution is 6.31. The van der Waals surface area contributed by atoms with Crippen LogP contribution in [-0.4, -0.2) is 21.3 Å². The van der Waals surface area contributed by atoms with Crippen LogP contribution in [0.3, 0.4) is 0 Å². The highest BCUT2D eigenvalue weighted by Gasteiger charge is 2.26. The standard InChI is InChI=1S/C12H15ClO4/c1-5(2)7-4-8(13)6(3)9(10(7)14)11(15)12(16)17/h4-5,11,14-15H,1-3H3,(H,16,17). The van der Waals surface area contributed by atoms with Gasteiger partial charge < -0.3 is 15.3 Å². The van der Waals surface area contributed by atoms with Gasteiger partial charge in [-0.05, 0) is 30.0 Å². The number of hydrogen-bond acceptors (Lipinski definition) is 3. The summed E-state index contributed by atoms with van der Waals surface area (Å²) < 4.78 is 0. The largest absolute Gasteiger partial charge is 0.507 e. The van der Waals surface area contributed by atoms with Crippen molar-refractivity contribution in [3.8, 4) is 5.75 Å². The molecule has 0 saturated heterocycles. The van der Waals surface area contributed by atoms with E-state index in [1.807, 2.05) is 13.8 Å². The molecule has 0 aliphatic carbocycles. The number of carbonyl (C=O) groups is 1. The third-order valence-corrected chi connectivity index (χ3v) is 3.09. The van der Waals surface area contributed by atoms with Gasteiger partial charge in [0.05, 0.1) is 0 Å². The minimum absolute atomic E-state index is 0.0205. The van der Waals surface area contributed by atoms with Gasteiger partial charge in [0.25, 0.3) is 0 Å². The molecule has 0 aliphatic rings. The van der Waals surface area contributed by atoms with Crippen molar-refractivity contribution in [1.82, 2.24) is 0 Å². The van der Waals surface area contributed by atoms with Crippen LogP contribution in [0.4, 0.5) is 0 Å². The number of benzene rings is 1. The van der Waals surface area contributed by atoms with Crippen LogP contribution in [0.25, 0.3) is 0 Å². The molecule has 0 fully saturated rings. The van der Waals surface area contributed by atoms with E-state index in [0.29, 0.717) is 16.1 Å². The smallest absolute Gasteiger partial charge is 0.337 e. The molecule has 94 valence electrons. The lowest BCUT2D eigenvalue weighted by Gasteiger charge is -2.18. The van der Waals surface area contributed by atoms with Crippen molar-refractivity contribution in [3.63, 3.8) is 0 Å². The second-order valence-corrected chi connectivity index (χ2v) is 4.64. The first-order chi connectivity index (χ1) is 7.77. The van der Waals surface area contributed by atoms with Crippen molar-refractivity contribution in [2.75, 3.05) is 0 Å². The molecular weight excluding hydrogens is 244 g/mol. The van der Waals surface area contributed by atoms with Crippen LogP contribution in [0.15, 0.2) is 6.07 Å². The molecule has 0 bridgehead atoms. The van der Waals surface area contributed by atoms with Crippen LogP contribution >= 0.6 is 11.6 Å². The number of aliphatic hydroxyl groups excluding tert-OH is 1. The molecule has 1 rings (SSSR count). The van der Waals surface area contributed by atoms with Crippen molar-refractivity contribution >= 4 is 17.6 Å². The lowest BCUT2D eigenvalue weighted by Crippen LogP contribution is -2.13. The van der Waals surface area contributed by atoms with Crippen molar-refractivity contribution in [2.24, 2.45) is 0 Å². The number of carboxylic acids is 1. The van der Waals surface area contributed by atoms with Gasteiger partial charge in [0.15, 0.2) is 6.10 Å². The fourth-order valence-electron chi connectivity index (χ4n) is 1.67. The summed E-state index contributed by atoms with van der Waals surface area (Å²) in [4.78, 5) is 10.8. The maximum absolute atomic E-state index is 10.8. The molecule has 5 heteroatoms. The number of aliphatic carboxylic acids is 1. The van der Waals surface area contributed by atoms with Gasteiger partial charge in [-0.25, -0.2) is 4.79 Å². The Kier molecular flexibility index (Phi) is 4.01. The van der Waals surface area contributed by atoms with Gasteiger partial charge in [-0.3, -0.25) is 0 Å². The van der Waals surface area contributed by atoms with E-state index in [0.717, 1.165) is 0 Å². The highest BCUT2D eigenvalue weighted by atomic mass is 35.5. The molecule has 0 radical (unpaired) electrons. The summed E-state index contributed by atoms with van der Waals surface area (Å²) >= 11 is 5.97. The van der Waals surface area contributed by atoms with Crippen LogP contribution in [0.1, 0.15) is 42.6 Å². The van der Waals surface area contributed by atoms with Gasteiger partial charge in [-0.2, -0.15) is 0 Å². The molecule has 3 N–H and O–H groups in total. The van der Waals surface area contributed by atoms with Crippen LogP contribution < -0.4 is 0 Å². The SMILES string of the molecule is Cc1c(Cl)cc(C(C)C)c(O)c1C(O)C(=O)O. The predicted molar refractivity (Wildman–Crippen MR) is 64.5 cm³/mol. The van der Waals surface area contributed by atoms with Gasteiger partial charge >= 0.3 is 5.97 Å². The number of phenols is 1. The number of rotatable bonds is 3. The van der Waals surface area contributed by atoms with E-state index in [1.54, 1.807) is 13.0 Å². The average Bonchev–Trinajstić information content (AvgIpc) is 2.22. The first-order valence-corrected chi connectivity index (χ1v) is 5.57. The number of halogens is 1. The summed E-state index contributed by atoms with van der Waals surface area (Å²) in [5.41, 5.74) is 0.869. The van der Waals surface area contributed by atoms with Crippen molar-refractivity contribution in [1.29, 1.82) is 0 Å². The Labute approximate surface area is 104 Å². The Morgan fingerprint density at radius 1 is 1.41 bits per heavy atom. The maximum atomic E-state index is 10.8. The van der Waals surface area contributed by atoms with Gasteiger partial charge in [0.2, 0.25) is 0 Å². The monoisotopic (exact) mass is 258 g/mol. The first-order valence-electron chi connectivity index (χ1n) is 5.20. The zero-order chi connectivity index (χ0) is 13.3. The van der Waals surface area contributed by atoms with E-state index in [1.165, 1.54) is 0 Å². The van der Waals surface area contributed by atoms with Crippen LogP contribution in [0.5, 0.6) is 5.75 Å². The number of aromatic hydroxyl groups is 1. The zero-order valence-corrected chi connectivity index (χ0v) is 10.6. The summed E-state index contributed by atoms with van der Waals surface area (Å²) in [5.74, 6) is -1.63. The maximum Gasteiger partial charge on any atom is 0.337 e. The third-order valence-electron chi connectivity index (χ3n) is 2.70. The van der Waals surface area contributed by atoms with Gasteiger partial charge in [0, 0.05) is 10.6 Å². The molecule has 4 nitrogen and oxygen atoms in total. The Morgan fingerprint density at radius 3 is 2.35 bits per heavy atom. The fourth-order valence-corrected chi connectivity index (χ4v) is 1.89. The van der Waals surface area contributed by atoms with Gasteiger partial charge in [-0.15, -0.1) is 0 Å². The second kappa shape index (κ2) is 4.94. The molecule has 0 amide bonds. The molecule has 0 spiro atoms. The molecule has 0 heterocycles. The van der Waals surface area contributed by atoms with E-state index in [4.69, 9.17) is 16.7 Å². The van der Waals surface area contributed by atoms with E-state index < -0.39 is 12.1 Å². The molecule has 0 aromatic heterocycles. The quantitative estimate of drug-likeness (QED) is 0.779. The first kappa shape index (κ1) is 13.8. The minimum atomic E-state index is -1.77. The molecule has 1 aromatic carbocycles. The Balaban J connectivity index is 3.52. The Morgan fingerprint density at radius 2 is 1.94 bits per heavy atom. The Hall–Kier alpha value is -1.26. The topological polar surface area (TPSA) is 77.8 Å². The predicted octanol–water partition coefficient (Wildman–Crippen LogP) is 2.60. The van der Waals surface area contributed by atoms with Crippen LogP contribution in [0, 0.1) is 6.92 Å². The summed E-state index contributed by atoms with van der Waals surface area (Å²) in [6, 6.07) is 1.59. The average molecular weight is 259 g/mol.